The molecular weight excluding hydrogens is 140 g/mol. The van der Waals surface area contributed by atoms with Crippen LogP contribution in [0.3, 0.4) is 0 Å². The molecular formula is C8H18N2O. The van der Waals surface area contributed by atoms with Crippen LogP contribution in [0.25, 0.3) is 0 Å². The molecule has 0 saturated carbocycles. The smallest absolute Gasteiger partial charge is 0.106 e. The number of carbonyl (C=O) groups is 1. The lowest BCUT2D eigenvalue weighted by Gasteiger charge is -2.26. The molecule has 0 spiro atoms. The average molecular weight is 158 g/mol. The molecule has 0 atom stereocenters. The van der Waals surface area contributed by atoms with E-state index in [1.165, 1.54) is 39.1 Å². The molecule has 0 aromatic rings. The molecule has 0 amide bonds. The van der Waals surface area contributed by atoms with Crippen molar-refractivity contribution in [3.05, 3.63) is 0 Å². The van der Waals surface area contributed by atoms with Gasteiger partial charge in [-0.15, -0.1) is 0 Å². The average Bonchev–Trinajstić information content (AvgIpc) is 2.11. The molecule has 1 heterocycles. The molecule has 1 saturated heterocycles. The van der Waals surface area contributed by atoms with E-state index >= 15 is 0 Å². The molecule has 3 nitrogen and oxygen atoms in total. The van der Waals surface area contributed by atoms with E-state index in [0.29, 0.717) is 0 Å². The minimum absolute atomic E-state index is 1.18. The van der Waals surface area contributed by atoms with Crippen LogP contribution < -0.4 is 5.32 Å². The molecule has 1 rings (SSSR count). The second kappa shape index (κ2) is 7.69. The first kappa shape index (κ1) is 10.6. The third-order valence-corrected chi connectivity index (χ3v) is 1.75. The predicted molar refractivity (Wildman–Crippen MR) is 46.7 cm³/mol. The summed E-state index contributed by atoms with van der Waals surface area (Å²) in [5.74, 6) is 0. The van der Waals surface area contributed by atoms with E-state index in [2.05, 4.69) is 17.1 Å². The lowest BCUT2D eigenvalue weighted by atomic mass is 10.3. The molecule has 11 heavy (non-hydrogen) atoms. The number of nitrogens with one attached hydrogen (secondary N) is 1. The molecule has 1 N–H and O–H groups in total. The largest absolute Gasteiger partial charge is 0.314 e. The Morgan fingerprint density at radius 2 is 1.91 bits per heavy atom. The van der Waals surface area contributed by atoms with E-state index in [9.17, 15) is 0 Å². The summed E-state index contributed by atoms with van der Waals surface area (Å²) in [6.07, 6.45) is 1.29. The highest BCUT2D eigenvalue weighted by atomic mass is 16.1. The van der Waals surface area contributed by atoms with Gasteiger partial charge in [-0.2, -0.15) is 0 Å². The summed E-state index contributed by atoms with van der Waals surface area (Å²) in [6.45, 7) is 10.4. The number of hydrogen-bond acceptors (Lipinski definition) is 3. The number of piperazine rings is 1. The van der Waals surface area contributed by atoms with E-state index in [1.54, 1.807) is 0 Å². The summed E-state index contributed by atoms with van der Waals surface area (Å²) in [4.78, 5) is 10.5. The van der Waals surface area contributed by atoms with Crippen molar-refractivity contribution in [3.63, 3.8) is 0 Å². The maximum atomic E-state index is 8.00. The van der Waals surface area contributed by atoms with Crippen LogP contribution in [-0.4, -0.2) is 44.4 Å². The molecule has 0 aromatic heterocycles. The number of rotatable bonds is 2. The van der Waals surface area contributed by atoms with Crippen LogP contribution in [0.2, 0.25) is 0 Å². The predicted octanol–water partition coefficient (Wildman–Crippen LogP) is 0.117. The summed E-state index contributed by atoms with van der Waals surface area (Å²) < 4.78 is 0. The van der Waals surface area contributed by atoms with Gasteiger partial charge < -0.3 is 15.0 Å². The molecule has 0 aromatic carbocycles. The fraction of sp³-hybridized carbons (Fsp3) is 0.875. The zero-order valence-electron chi connectivity index (χ0n) is 7.31. The Labute approximate surface area is 68.8 Å². The van der Waals surface area contributed by atoms with Crippen LogP contribution in [0.4, 0.5) is 0 Å². The molecule has 0 aliphatic carbocycles. The van der Waals surface area contributed by atoms with Crippen LogP contribution in [0.1, 0.15) is 13.3 Å². The Hall–Kier alpha value is -0.410. The standard InChI is InChI=1S/C7H16N2.CH2O/c1-2-5-9-6-3-8-4-7-9;1-2/h8H,2-7H2,1H3;1H2. The first-order valence-electron chi connectivity index (χ1n) is 4.15. The first-order valence-corrected chi connectivity index (χ1v) is 4.15. The fourth-order valence-corrected chi connectivity index (χ4v) is 1.25. The number of carbonyl (C=O) groups excluding carboxylic acids is 1. The van der Waals surface area contributed by atoms with Gasteiger partial charge in [0.2, 0.25) is 0 Å². The second-order valence-corrected chi connectivity index (χ2v) is 2.59. The Morgan fingerprint density at radius 1 is 1.36 bits per heavy atom. The third kappa shape index (κ3) is 4.93. The summed E-state index contributed by atoms with van der Waals surface area (Å²) in [5.41, 5.74) is 0. The summed E-state index contributed by atoms with van der Waals surface area (Å²) in [6, 6.07) is 0. The van der Waals surface area contributed by atoms with Gasteiger partial charge in [-0.25, -0.2) is 0 Å². The summed E-state index contributed by atoms with van der Waals surface area (Å²) >= 11 is 0. The highest BCUT2D eigenvalue weighted by Crippen LogP contribution is 1.92. The zero-order valence-corrected chi connectivity index (χ0v) is 7.31. The van der Waals surface area contributed by atoms with E-state index in [0.717, 1.165) is 0 Å². The van der Waals surface area contributed by atoms with Crippen LogP contribution >= 0.6 is 0 Å². The van der Waals surface area contributed by atoms with E-state index in [1.807, 2.05) is 6.79 Å². The Kier molecular flexibility index (Phi) is 7.41. The quantitative estimate of drug-likeness (QED) is 0.619. The van der Waals surface area contributed by atoms with Gasteiger partial charge in [-0.3, -0.25) is 0 Å². The van der Waals surface area contributed by atoms with E-state index in [4.69, 9.17) is 4.79 Å². The van der Waals surface area contributed by atoms with Gasteiger partial charge in [0.15, 0.2) is 0 Å². The van der Waals surface area contributed by atoms with E-state index in [-0.39, 0.29) is 0 Å². The first-order chi connectivity index (χ1) is 5.43. The Balaban J connectivity index is 0.000000461. The second-order valence-electron chi connectivity index (χ2n) is 2.59. The van der Waals surface area contributed by atoms with Crippen molar-refractivity contribution < 1.29 is 4.79 Å². The molecule has 1 aliphatic rings. The van der Waals surface area contributed by atoms with Gasteiger partial charge in [0.25, 0.3) is 0 Å². The Morgan fingerprint density at radius 3 is 2.36 bits per heavy atom. The lowest BCUT2D eigenvalue weighted by Crippen LogP contribution is -2.43. The van der Waals surface area contributed by atoms with Crippen LogP contribution in [0.5, 0.6) is 0 Å². The van der Waals surface area contributed by atoms with E-state index < -0.39 is 0 Å². The summed E-state index contributed by atoms with van der Waals surface area (Å²) in [7, 11) is 0. The third-order valence-electron chi connectivity index (χ3n) is 1.75. The molecule has 1 fully saturated rings. The van der Waals surface area contributed by atoms with Gasteiger partial charge in [-0.05, 0) is 13.0 Å². The minimum atomic E-state index is 1.18. The zero-order chi connectivity index (χ0) is 8.53. The highest BCUT2D eigenvalue weighted by molar-refractivity contribution is 5.10. The molecule has 0 bridgehead atoms. The van der Waals surface area contributed by atoms with Crippen LogP contribution in [-0.2, 0) is 4.79 Å². The molecule has 66 valence electrons. The van der Waals surface area contributed by atoms with Crippen LogP contribution in [0, 0.1) is 0 Å². The lowest BCUT2D eigenvalue weighted by molar-refractivity contribution is -0.0979. The molecule has 3 heteroatoms. The van der Waals surface area contributed by atoms with Crippen molar-refractivity contribution in [1.29, 1.82) is 0 Å². The van der Waals surface area contributed by atoms with Crippen molar-refractivity contribution in [2.75, 3.05) is 32.7 Å². The molecule has 0 radical (unpaired) electrons. The minimum Gasteiger partial charge on any atom is -0.314 e. The number of nitrogens with zero attached hydrogens (tertiary/aromatic N) is 1. The molecule has 0 unspecified atom stereocenters. The van der Waals surface area contributed by atoms with Crippen molar-refractivity contribution in [2.24, 2.45) is 0 Å². The maximum absolute atomic E-state index is 8.00. The monoisotopic (exact) mass is 158 g/mol. The van der Waals surface area contributed by atoms with Gasteiger partial charge in [0.05, 0.1) is 0 Å². The summed E-state index contributed by atoms with van der Waals surface area (Å²) in [5, 5.41) is 3.33. The van der Waals surface area contributed by atoms with Crippen molar-refractivity contribution in [1.82, 2.24) is 10.2 Å². The normalized spacial score (nSPS) is 18.6. The van der Waals surface area contributed by atoms with Gasteiger partial charge in [-0.1, -0.05) is 6.92 Å². The highest BCUT2D eigenvalue weighted by Gasteiger charge is 2.06. The van der Waals surface area contributed by atoms with Crippen molar-refractivity contribution in [2.45, 2.75) is 13.3 Å². The van der Waals surface area contributed by atoms with Gasteiger partial charge >= 0.3 is 0 Å². The molecule has 1 aliphatic heterocycles. The maximum Gasteiger partial charge on any atom is 0.106 e. The van der Waals surface area contributed by atoms with Gasteiger partial charge in [0.1, 0.15) is 6.79 Å². The van der Waals surface area contributed by atoms with Crippen LogP contribution in [0.15, 0.2) is 0 Å². The number of hydrogen-bond donors (Lipinski definition) is 1. The topological polar surface area (TPSA) is 32.3 Å². The van der Waals surface area contributed by atoms with Crippen molar-refractivity contribution in [3.8, 4) is 0 Å². The van der Waals surface area contributed by atoms with Gasteiger partial charge in [0, 0.05) is 26.2 Å². The fourth-order valence-electron chi connectivity index (χ4n) is 1.25. The van der Waals surface area contributed by atoms with Crippen molar-refractivity contribution >= 4 is 6.79 Å². The SMILES string of the molecule is C=O.CCCN1CCNCC1. The Bertz CT molecular complexity index is 79.4.